The van der Waals surface area contributed by atoms with Crippen molar-refractivity contribution in [3.05, 3.63) is 0 Å². The summed E-state index contributed by atoms with van der Waals surface area (Å²) < 4.78 is 0. The second-order valence-corrected chi connectivity index (χ2v) is 5.48. The van der Waals surface area contributed by atoms with Crippen molar-refractivity contribution in [1.82, 2.24) is 10.2 Å². The molecule has 100 valence electrons. The molecule has 0 spiro atoms. The van der Waals surface area contributed by atoms with E-state index in [1.165, 1.54) is 25.9 Å². The minimum absolute atomic E-state index is 0.158. The van der Waals surface area contributed by atoms with Gasteiger partial charge in [-0.2, -0.15) is 0 Å². The van der Waals surface area contributed by atoms with E-state index in [2.05, 4.69) is 24.1 Å². The zero-order chi connectivity index (χ0) is 12.7. The number of nitrogens with zero attached hydrogens (tertiary/aromatic N) is 1. The first-order valence-electron chi connectivity index (χ1n) is 7.13. The molecular formula is C14H28N2O. The average molecular weight is 240 g/mol. The van der Waals surface area contributed by atoms with Crippen LogP contribution in [0.3, 0.4) is 0 Å². The molecule has 3 heteroatoms. The van der Waals surface area contributed by atoms with Gasteiger partial charge in [-0.05, 0) is 51.2 Å². The minimum Gasteiger partial charge on any atom is -0.356 e. The van der Waals surface area contributed by atoms with Crippen molar-refractivity contribution >= 4 is 5.91 Å². The number of piperidine rings is 1. The van der Waals surface area contributed by atoms with Gasteiger partial charge < -0.3 is 10.2 Å². The molecule has 3 nitrogen and oxygen atoms in total. The number of carbonyl (C=O) groups excluding carboxylic acids is 1. The van der Waals surface area contributed by atoms with Crippen LogP contribution in [0.25, 0.3) is 0 Å². The van der Waals surface area contributed by atoms with Crippen molar-refractivity contribution in [1.29, 1.82) is 0 Å². The molecule has 0 aromatic rings. The number of amides is 1. The van der Waals surface area contributed by atoms with E-state index in [-0.39, 0.29) is 11.8 Å². The van der Waals surface area contributed by atoms with E-state index < -0.39 is 0 Å². The van der Waals surface area contributed by atoms with Gasteiger partial charge in [0.25, 0.3) is 0 Å². The van der Waals surface area contributed by atoms with Crippen molar-refractivity contribution in [2.75, 3.05) is 26.2 Å². The zero-order valence-corrected chi connectivity index (χ0v) is 11.7. The molecule has 1 aliphatic rings. The van der Waals surface area contributed by atoms with E-state index in [4.69, 9.17) is 0 Å². The Hall–Kier alpha value is -0.570. The molecule has 0 bridgehead atoms. The summed E-state index contributed by atoms with van der Waals surface area (Å²) in [7, 11) is 0. The van der Waals surface area contributed by atoms with Crippen LogP contribution in [0.15, 0.2) is 0 Å². The van der Waals surface area contributed by atoms with Crippen LogP contribution in [0.2, 0.25) is 0 Å². The van der Waals surface area contributed by atoms with E-state index in [0.717, 1.165) is 31.8 Å². The number of likely N-dealkylation sites (tertiary alicyclic amines) is 1. The van der Waals surface area contributed by atoms with E-state index in [1.54, 1.807) is 0 Å². The third kappa shape index (κ3) is 5.53. The van der Waals surface area contributed by atoms with E-state index in [0.29, 0.717) is 0 Å². The molecule has 0 aliphatic carbocycles. The summed E-state index contributed by atoms with van der Waals surface area (Å²) in [6.45, 7) is 10.8. The largest absolute Gasteiger partial charge is 0.356 e. The topological polar surface area (TPSA) is 32.3 Å². The normalized spacial score (nSPS) is 20.2. The molecule has 1 heterocycles. The van der Waals surface area contributed by atoms with Crippen molar-refractivity contribution in [2.45, 2.75) is 46.5 Å². The maximum Gasteiger partial charge on any atom is 0.222 e. The number of carbonyl (C=O) groups is 1. The first-order valence-corrected chi connectivity index (χ1v) is 7.13. The highest BCUT2D eigenvalue weighted by molar-refractivity contribution is 5.78. The van der Waals surface area contributed by atoms with Gasteiger partial charge in [-0.15, -0.1) is 0 Å². The van der Waals surface area contributed by atoms with Gasteiger partial charge >= 0.3 is 0 Å². The lowest BCUT2D eigenvalue weighted by molar-refractivity contribution is -0.124. The fourth-order valence-corrected chi connectivity index (χ4v) is 2.16. The predicted octanol–water partition coefficient (Wildman–Crippen LogP) is 2.27. The highest BCUT2D eigenvalue weighted by Crippen LogP contribution is 2.15. The van der Waals surface area contributed by atoms with Crippen molar-refractivity contribution in [3.8, 4) is 0 Å². The number of hydrogen-bond donors (Lipinski definition) is 1. The van der Waals surface area contributed by atoms with Gasteiger partial charge in [0.05, 0.1) is 0 Å². The molecule has 17 heavy (non-hydrogen) atoms. The van der Waals surface area contributed by atoms with E-state index in [1.807, 2.05) is 6.92 Å². The van der Waals surface area contributed by atoms with Crippen LogP contribution < -0.4 is 5.32 Å². The van der Waals surface area contributed by atoms with Crippen LogP contribution >= 0.6 is 0 Å². The summed E-state index contributed by atoms with van der Waals surface area (Å²) in [5.74, 6) is 1.27. The van der Waals surface area contributed by atoms with Crippen molar-refractivity contribution in [3.63, 3.8) is 0 Å². The lowest BCUT2D eigenvalue weighted by atomic mass is 9.99. The zero-order valence-electron chi connectivity index (χ0n) is 11.7. The fourth-order valence-electron chi connectivity index (χ4n) is 2.16. The Morgan fingerprint density at radius 2 is 2.06 bits per heavy atom. The molecule has 0 radical (unpaired) electrons. The second-order valence-electron chi connectivity index (χ2n) is 5.48. The molecule has 0 aromatic carbocycles. The summed E-state index contributed by atoms with van der Waals surface area (Å²) >= 11 is 0. The average Bonchev–Trinajstić information content (AvgIpc) is 2.35. The van der Waals surface area contributed by atoms with Crippen molar-refractivity contribution in [2.24, 2.45) is 11.8 Å². The molecule has 1 amide bonds. The third-order valence-corrected chi connectivity index (χ3v) is 3.89. The van der Waals surface area contributed by atoms with Gasteiger partial charge in [0.15, 0.2) is 0 Å². The van der Waals surface area contributed by atoms with Crippen molar-refractivity contribution < 1.29 is 4.79 Å². The maximum absolute atomic E-state index is 11.5. The maximum atomic E-state index is 11.5. The molecule has 1 rings (SSSR count). The molecule has 1 fully saturated rings. The van der Waals surface area contributed by atoms with Gasteiger partial charge in [0, 0.05) is 12.5 Å². The Balaban J connectivity index is 2.02. The molecule has 1 N–H and O–H groups in total. The van der Waals surface area contributed by atoms with Crippen LogP contribution in [0, 0.1) is 11.8 Å². The van der Waals surface area contributed by atoms with Gasteiger partial charge in [-0.1, -0.05) is 20.8 Å². The lowest BCUT2D eigenvalue weighted by Crippen LogP contribution is -2.36. The van der Waals surface area contributed by atoms with Crippen LogP contribution in [-0.2, 0) is 4.79 Å². The Morgan fingerprint density at radius 3 is 2.65 bits per heavy atom. The summed E-state index contributed by atoms with van der Waals surface area (Å²) in [5, 5.41) is 3.02. The van der Waals surface area contributed by atoms with Gasteiger partial charge in [-0.25, -0.2) is 0 Å². The molecular weight excluding hydrogens is 212 g/mol. The fraction of sp³-hybridized carbons (Fsp3) is 0.929. The summed E-state index contributed by atoms with van der Waals surface area (Å²) in [4.78, 5) is 14.1. The molecule has 1 unspecified atom stereocenters. The van der Waals surface area contributed by atoms with Crippen LogP contribution in [0.4, 0.5) is 0 Å². The van der Waals surface area contributed by atoms with Gasteiger partial charge in [0.2, 0.25) is 5.91 Å². The standard InChI is InChI=1S/C14H28N2O/c1-4-13(3)14(17)15-8-5-9-16-10-6-12(2)7-11-16/h12-13H,4-11H2,1-3H3,(H,15,17). The minimum atomic E-state index is 0.158. The molecule has 1 atom stereocenters. The van der Waals surface area contributed by atoms with E-state index >= 15 is 0 Å². The first kappa shape index (κ1) is 14.5. The molecule has 0 aromatic heterocycles. The highest BCUT2D eigenvalue weighted by Gasteiger charge is 2.15. The molecule has 0 saturated carbocycles. The summed E-state index contributed by atoms with van der Waals surface area (Å²) in [5.41, 5.74) is 0. The van der Waals surface area contributed by atoms with Crippen LogP contribution in [0.1, 0.15) is 46.5 Å². The highest BCUT2D eigenvalue weighted by atomic mass is 16.1. The SMILES string of the molecule is CCC(C)C(=O)NCCCN1CCC(C)CC1. The number of rotatable bonds is 6. The quantitative estimate of drug-likeness (QED) is 0.722. The smallest absolute Gasteiger partial charge is 0.222 e. The van der Waals surface area contributed by atoms with E-state index in [9.17, 15) is 4.79 Å². The van der Waals surface area contributed by atoms with Gasteiger partial charge in [0.1, 0.15) is 0 Å². The van der Waals surface area contributed by atoms with Crippen LogP contribution in [0.5, 0.6) is 0 Å². The Kier molecular flexibility index (Phi) is 6.56. The molecule has 1 aliphatic heterocycles. The Morgan fingerprint density at radius 1 is 1.41 bits per heavy atom. The Bertz CT molecular complexity index is 222. The summed E-state index contributed by atoms with van der Waals surface area (Å²) in [6.07, 6.45) is 4.67. The lowest BCUT2D eigenvalue weighted by Gasteiger charge is -2.30. The predicted molar refractivity (Wildman–Crippen MR) is 71.9 cm³/mol. The number of nitrogens with one attached hydrogen (secondary N) is 1. The first-order chi connectivity index (χ1) is 8.13. The Labute approximate surface area is 106 Å². The van der Waals surface area contributed by atoms with Crippen LogP contribution in [-0.4, -0.2) is 37.0 Å². The summed E-state index contributed by atoms with van der Waals surface area (Å²) in [6, 6.07) is 0. The number of hydrogen-bond acceptors (Lipinski definition) is 2. The molecule has 1 saturated heterocycles. The monoisotopic (exact) mass is 240 g/mol. The second kappa shape index (κ2) is 7.70. The third-order valence-electron chi connectivity index (χ3n) is 3.89. The van der Waals surface area contributed by atoms with Gasteiger partial charge in [-0.3, -0.25) is 4.79 Å².